The van der Waals surface area contributed by atoms with Gasteiger partial charge in [0, 0.05) is 0 Å². The van der Waals surface area contributed by atoms with Crippen LogP contribution in [0.1, 0.15) is 0 Å². The van der Waals surface area contributed by atoms with Crippen molar-refractivity contribution in [3.8, 4) is 0 Å². The fourth-order valence-corrected chi connectivity index (χ4v) is 4.77. The number of rotatable bonds is 8. The van der Waals surface area contributed by atoms with Gasteiger partial charge in [-0.05, 0) is 0 Å². The quantitative estimate of drug-likeness (QED) is 0.0798. The molecule has 0 aromatic rings. The molecule has 0 amide bonds. The van der Waals surface area contributed by atoms with Gasteiger partial charge in [0.25, 0.3) is 0 Å². The minimum atomic E-state index is -5.68. The molecule has 0 aliphatic rings. The fraction of sp³-hybridized carbons (Fsp3) is 0. The van der Waals surface area contributed by atoms with Gasteiger partial charge in [0.15, 0.2) is 0 Å². The van der Waals surface area contributed by atoms with E-state index in [1.165, 1.54) is 0 Å². The summed E-state index contributed by atoms with van der Waals surface area (Å²) in [6.45, 7) is 0. The second-order valence-electron chi connectivity index (χ2n) is 4.12. The molecule has 0 aliphatic heterocycles. The summed E-state index contributed by atoms with van der Waals surface area (Å²) in [4.78, 5) is 133. The van der Waals surface area contributed by atoms with Crippen molar-refractivity contribution in [2.24, 2.45) is 0 Å². The Morgan fingerprint density at radius 2 is 0.405 bits per heavy atom. The van der Waals surface area contributed by atoms with Crippen LogP contribution >= 0.6 is 62.6 Å². The first-order valence-electron chi connectivity index (χ1n) is 6.02. The standard InChI is InChI=1S/6K.4H4O7P2/c;;;;;;4*1-8(2,3)7-9(4,5)6/h;;;;;;4*(H2,1,2,3)(H2,4,5,6)/q6*+1;;;;/p-6. The monoisotopic (exact) mass is 940 g/mol. The van der Waals surface area contributed by atoms with Crippen LogP contribution in [0.4, 0.5) is 0 Å². The molecule has 0 spiro atoms. The summed E-state index contributed by atoms with van der Waals surface area (Å²) < 4.78 is 87.3. The van der Waals surface area contributed by atoms with Gasteiger partial charge in [-0.25, -0.2) is 22.8 Å². The predicted octanol–water partition coefficient (Wildman–Crippen LogP) is -25.0. The van der Waals surface area contributed by atoms with E-state index in [4.69, 9.17) is 48.9 Å². The van der Waals surface area contributed by atoms with Crippen molar-refractivity contribution in [2.45, 2.75) is 0 Å². The van der Waals surface area contributed by atoms with Gasteiger partial charge in [0.1, 0.15) is 0 Å². The van der Waals surface area contributed by atoms with Crippen LogP contribution in [0, 0.1) is 0 Å². The summed E-state index contributed by atoms with van der Waals surface area (Å²) in [5.41, 5.74) is 0. The van der Waals surface area contributed by atoms with Gasteiger partial charge in [0.2, 0.25) is 0 Å². The SMILES string of the molecule is O=P(O)(O)OP(=O)(O)O.O=P(O)(O)OP(=O)(O)O.O=P([O-])([O-])OP(=O)(O)O.O=P([O-])([O-])OP(=O)([O-])[O-].[K+].[K+].[K+].[K+].[K+].[K+]. The zero-order valence-corrected chi connectivity index (χ0v) is 47.3. The maximum atomic E-state index is 9.63. The van der Waals surface area contributed by atoms with E-state index in [-0.39, 0.29) is 308 Å². The van der Waals surface area contributed by atoms with E-state index in [0.717, 1.165) is 0 Å². The van der Waals surface area contributed by atoms with E-state index >= 15 is 0 Å². The van der Waals surface area contributed by atoms with Gasteiger partial charge in [-0.15, -0.1) is 0 Å². The summed E-state index contributed by atoms with van der Waals surface area (Å²) in [7, 11) is -42.3. The predicted molar refractivity (Wildman–Crippen MR) is 87.4 cm³/mol. The van der Waals surface area contributed by atoms with Gasteiger partial charge in [0.05, 0.1) is 23.5 Å². The summed E-state index contributed by atoms with van der Waals surface area (Å²) in [6, 6.07) is 0. The molecular weight excluding hydrogens is 930 g/mol. The maximum absolute atomic E-state index is 9.63. The van der Waals surface area contributed by atoms with E-state index in [0.29, 0.717) is 0 Å². The van der Waals surface area contributed by atoms with Crippen molar-refractivity contribution in [2.75, 3.05) is 0 Å². The van der Waals surface area contributed by atoms with E-state index in [9.17, 15) is 65.9 Å². The molecule has 0 saturated heterocycles. The molecule has 0 aromatic heterocycles. The average Bonchev–Trinajstić information content (AvgIpc) is 2.19. The summed E-state index contributed by atoms with van der Waals surface area (Å²) in [5, 5.41) is 0. The summed E-state index contributed by atoms with van der Waals surface area (Å²) in [5.74, 6) is 0. The Morgan fingerprint density at radius 3 is 0.405 bits per heavy atom. The molecular formula is H10K6O28P8. The molecule has 0 radical (unpaired) electrons. The number of phosphoric acid groups is 8. The molecule has 0 heterocycles. The van der Waals surface area contributed by atoms with Gasteiger partial charge >= 0.3 is 347 Å². The van der Waals surface area contributed by atoms with Crippen molar-refractivity contribution in [1.29, 1.82) is 0 Å². The second kappa shape index (κ2) is 33.9. The molecule has 10 N–H and O–H groups in total. The molecule has 0 rings (SSSR count). The van der Waals surface area contributed by atoms with Gasteiger partial charge in [-0.3, -0.25) is 4.31 Å². The molecule has 0 bridgehead atoms. The van der Waals surface area contributed by atoms with Crippen molar-refractivity contribution < 1.29 is 440 Å². The van der Waals surface area contributed by atoms with Crippen molar-refractivity contribution in [3.05, 3.63) is 0 Å². The fourth-order valence-electron chi connectivity index (χ4n) is 0.530. The number of hydrogen-bond donors (Lipinski definition) is 10. The van der Waals surface area contributed by atoms with E-state index in [1.54, 1.807) is 0 Å². The Labute approximate surface area is 488 Å². The average molecular weight is 940 g/mol. The maximum Gasteiger partial charge on any atom is 1.00 e. The van der Waals surface area contributed by atoms with Crippen molar-refractivity contribution in [3.63, 3.8) is 0 Å². The Bertz CT molecular complexity index is 782. The van der Waals surface area contributed by atoms with Crippen molar-refractivity contribution >= 4 is 62.6 Å². The van der Waals surface area contributed by atoms with Crippen molar-refractivity contribution in [1.82, 2.24) is 0 Å². The third-order valence-corrected chi connectivity index (χ3v) is 7.49. The minimum Gasteiger partial charge on any atom is -0.790 e. The Kier molecular flexibility index (Phi) is 62.6. The summed E-state index contributed by atoms with van der Waals surface area (Å²) in [6.07, 6.45) is 0. The number of hydrogen-bond acceptors (Lipinski definition) is 18. The molecule has 28 nitrogen and oxygen atoms in total. The first-order chi connectivity index (χ1) is 14.8. The minimum absolute atomic E-state index is 0. The zero-order chi connectivity index (χ0) is 30.8. The molecule has 0 unspecified atom stereocenters. The third-order valence-electron chi connectivity index (χ3n) is 0.832. The molecule has 224 valence electrons. The van der Waals surface area contributed by atoms with Crippen LogP contribution in [0.3, 0.4) is 0 Å². The molecule has 0 fully saturated rings. The van der Waals surface area contributed by atoms with E-state index in [2.05, 4.69) is 17.2 Å². The Morgan fingerprint density at radius 1 is 0.286 bits per heavy atom. The van der Waals surface area contributed by atoms with Crippen LogP contribution in [-0.2, 0) is 53.8 Å². The Balaban J connectivity index is -0.0000000388. The molecule has 42 heavy (non-hydrogen) atoms. The third kappa shape index (κ3) is 104. The van der Waals surface area contributed by atoms with Crippen LogP contribution in [0.15, 0.2) is 0 Å². The molecule has 0 aliphatic carbocycles. The molecule has 0 saturated carbocycles. The van der Waals surface area contributed by atoms with Crippen LogP contribution in [-0.4, -0.2) is 48.9 Å². The van der Waals surface area contributed by atoms with Gasteiger partial charge < -0.3 is 96.3 Å². The van der Waals surface area contributed by atoms with E-state index < -0.39 is 62.6 Å². The molecule has 0 aromatic carbocycles. The van der Waals surface area contributed by atoms with Crippen LogP contribution in [0.25, 0.3) is 0 Å². The van der Waals surface area contributed by atoms with E-state index in [1.807, 2.05) is 0 Å². The smallest absolute Gasteiger partial charge is 0.790 e. The molecule has 42 heteroatoms. The zero-order valence-electron chi connectivity index (χ0n) is 21.4. The van der Waals surface area contributed by atoms with Gasteiger partial charge in [-0.1, -0.05) is 0 Å². The Hall–Kier alpha value is 10.9. The first kappa shape index (κ1) is 77.4. The topological polar surface area (TPSA) is 514 Å². The van der Waals surface area contributed by atoms with Crippen LogP contribution < -0.4 is 338 Å². The first-order valence-corrected chi connectivity index (χ1v) is 18.0. The normalized spacial score (nSPS) is 11.8. The van der Waals surface area contributed by atoms with Gasteiger partial charge in [-0.2, -0.15) is 8.62 Å². The summed E-state index contributed by atoms with van der Waals surface area (Å²) >= 11 is 0. The molecule has 0 atom stereocenters. The van der Waals surface area contributed by atoms with Crippen LogP contribution in [0.5, 0.6) is 0 Å². The largest absolute Gasteiger partial charge is 1.00 e. The van der Waals surface area contributed by atoms with Crippen LogP contribution in [0.2, 0.25) is 0 Å². The second-order valence-corrected chi connectivity index (χ2v) is 14.3.